The number of carbonyl (C=O) groups is 1. The van der Waals surface area contributed by atoms with Gasteiger partial charge in [-0.2, -0.15) is 0 Å². The van der Waals surface area contributed by atoms with E-state index in [0.717, 1.165) is 18.4 Å². The molecule has 0 bridgehead atoms. The SMILES string of the molecule is CCCCOc1ccc(/C=C/C(=O)Nc2ccc(S(=O)(=O)Nc3onc(C)c3C)cc2)cc1OCC. The van der Waals surface area contributed by atoms with Crippen molar-refractivity contribution >= 4 is 33.6 Å². The summed E-state index contributed by atoms with van der Waals surface area (Å²) < 4.78 is 44.1. The van der Waals surface area contributed by atoms with Crippen molar-refractivity contribution < 1.29 is 27.2 Å². The second-order valence-electron chi connectivity index (χ2n) is 8.02. The predicted octanol–water partition coefficient (Wildman–Crippen LogP) is 5.32. The number of anilines is 2. The van der Waals surface area contributed by atoms with Crippen LogP contribution in [0.15, 0.2) is 58.0 Å². The molecule has 0 aliphatic rings. The lowest BCUT2D eigenvalue weighted by molar-refractivity contribution is -0.111. The summed E-state index contributed by atoms with van der Waals surface area (Å²) in [6.07, 6.45) is 5.05. The topological polar surface area (TPSA) is 120 Å². The van der Waals surface area contributed by atoms with Gasteiger partial charge in [0.1, 0.15) is 0 Å². The highest BCUT2D eigenvalue weighted by Gasteiger charge is 2.19. The molecule has 3 rings (SSSR count). The first-order valence-corrected chi connectivity index (χ1v) is 13.2. The Morgan fingerprint density at radius 3 is 2.44 bits per heavy atom. The molecule has 0 spiro atoms. The van der Waals surface area contributed by atoms with Crippen molar-refractivity contribution in [2.24, 2.45) is 0 Å². The molecular weight excluding hydrogens is 482 g/mol. The molecule has 3 aromatic rings. The van der Waals surface area contributed by atoms with E-state index in [1.807, 2.05) is 25.1 Å². The Kier molecular flexibility index (Phi) is 9.13. The van der Waals surface area contributed by atoms with Crippen LogP contribution in [0.3, 0.4) is 0 Å². The number of ether oxygens (including phenoxy) is 2. The van der Waals surface area contributed by atoms with Crippen LogP contribution in [0, 0.1) is 13.8 Å². The van der Waals surface area contributed by atoms with E-state index >= 15 is 0 Å². The highest BCUT2D eigenvalue weighted by Crippen LogP contribution is 2.29. The number of benzene rings is 2. The molecule has 2 aromatic carbocycles. The van der Waals surface area contributed by atoms with Gasteiger partial charge in [0, 0.05) is 17.3 Å². The normalized spacial score (nSPS) is 11.4. The fourth-order valence-electron chi connectivity index (χ4n) is 3.11. The van der Waals surface area contributed by atoms with Crippen LogP contribution in [0.25, 0.3) is 6.08 Å². The number of nitrogens with zero attached hydrogens (tertiary/aromatic N) is 1. The molecule has 36 heavy (non-hydrogen) atoms. The zero-order valence-electron chi connectivity index (χ0n) is 20.8. The van der Waals surface area contributed by atoms with Crippen molar-refractivity contribution in [3.8, 4) is 11.5 Å². The lowest BCUT2D eigenvalue weighted by atomic mass is 10.2. The van der Waals surface area contributed by atoms with Crippen LogP contribution in [-0.2, 0) is 14.8 Å². The summed E-state index contributed by atoms with van der Waals surface area (Å²) in [4.78, 5) is 12.4. The van der Waals surface area contributed by atoms with E-state index in [-0.39, 0.29) is 16.7 Å². The van der Waals surface area contributed by atoms with Crippen LogP contribution in [0.1, 0.15) is 43.5 Å². The molecule has 2 N–H and O–H groups in total. The van der Waals surface area contributed by atoms with Crippen molar-refractivity contribution in [2.45, 2.75) is 45.4 Å². The number of hydrogen-bond donors (Lipinski definition) is 2. The summed E-state index contributed by atoms with van der Waals surface area (Å²) in [5.41, 5.74) is 2.44. The van der Waals surface area contributed by atoms with Crippen LogP contribution in [0.2, 0.25) is 0 Å². The van der Waals surface area contributed by atoms with Crippen molar-refractivity contribution in [3.63, 3.8) is 0 Å². The highest BCUT2D eigenvalue weighted by atomic mass is 32.2. The highest BCUT2D eigenvalue weighted by molar-refractivity contribution is 7.92. The van der Waals surface area contributed by atoms with Crippen LogP contribution >= 0.6 is 0 Å². The quantitative estimate of drug-likeness (QED) is 0.248. The number of aryl methyl sites for hydroxylation is 1. The third kappa shape index (κ3) is 7.11. The first kappa shape index (κ1) is 26.8. The van der Waals surface area contributed by atoms with E-state index < -0.39 is 10.0 Å². The second-order valence-corrected chi connectivity index (χ2v) is 9.70. The fraction of sp³-hybridized carbons (Fsp3) is 0.308. The number of carbonyl (C=O) groups excluding carboxylic acids is 1. The molecule has 0 radical (unpaired) electrons. The monoisotopic (exact) mass is 513 g/mol. The maximum Gasteiger partial charge on any atom is 0.264 e. The van der Waals surface area contributed by atoms with E-state index in [2.05, 4.69) is 22.1 Å². The van der Waals surface area contributed by atoms with Crippen LogP contribution < -0.4 is 19.5 Å². The molecule has 9 nitrogen and oxygen atoms in total. The fourth-order valence-corrected chi connectivity index (χ4v) is 4.15. The van der Waals surface area contributed by atoms with E-state index in [1.165, 1.54) is 30.3 Å². The number of aromatic nitrogens is 1. The standard InChI is InChI=1S/C26H31N3O6S/c1-5-7-16-34-23-14-8-20(17-24(23)33-6-2)9-15-25(30)27-21-10-12-22(13-11-21)36(31,32)29-26-18(3)19(4)28-35-26/h8-15,17,29H,5-7,16H2,1-4H3,(H,27,30)/b15-9+. The number of amides is 1. The molecule has 1 aromatic heterocycles. The molecule has 0 saturated carbocycles. The minimum absolute atomic E-state index is 0.0224. The number of hydrogen-bond acceptors (Lipinski definition) is 7. The van der Waals surface area contributed by atoms with Gasteiger partial charge in [0.15, 0.2) is 11.5 Å². The molecule has 10 heteroatoms. The summed E-state index contributed by atoms with van der Waals surface area (Å²) >= 11 is 0. The Morgan fingerprint density at radius 2 is 1.81 bits per heavy atom. The molecule has 0 aliphatic carbocycles. The van der Waals surface area contributed by atoms with Gasteiger partial charge in [-0.1, -0.05) is 24.6 Å². The van der Waals surface area contributed by atoms with Gasteiger partial charge in [0.2, 0.25) is 11.8 Å². The molecule has 0 fully saturated rings. The van der Waals surface area contributed by atoms with Crippen molar-refractivity contribution in [2.75, 3.05) is 23.3 Å². The summed E-state index contributed by atoms with van der Waals surface area (Å²) in [6.45, 7) is 8.54. The van der Waals surface area contributed by atoms with Gasteiger partial charge < -0.3 is 19.3 Å². The van der Waals surface area contributed by atoms with Gasteiger partial charge >= 0.3 is 0 Å². The third-order valence-corrected chi connectivity index (χ3v) is 6.61. The molecular formula is C26H31N3O6S. The lowest BCUT2D eigenvalue weighted by Crippen LogP contribution is -2.13. The second kappa shape index (κ2) is 12.3. The van der Waals surface area contributed by atoms with Gasteiger partial charge in [-0.15, -0.1) is 0 Å². The average molecular weight is 514 g/mol. The summed E-state index contributed by atoms with van der Waals surface area (Å²) in [5.74, 6) is 1.00. The largest absolute Gasteiger partial charge is 0.490 e. The number of rotatable bonds is 12. The van der Waals surface area contributed by atoms with Crippen molar-refractivity contribution in [1.29, 1.82) is 0 Å². The minimum Gasteiger partial charge on any atom is -0.490 e. The zero-order chi connectivity index (χ0) is 26.1. The maximum atomic E-state index is 12.6. The van der Waals surface area contributed by atoms with E-state index in [1.54, 1.807) is 19.9 Å². The van der Waals surface area contributed by atoms with E-state index in [9.17, 15) is 13.2 Å². The Labute approximate surface area is 211 Å². The van der Waals surface area contributed by atoms with E-state index in [0.29, 0.717) is 41.7 Å². The Balaban J connectivity index is 1.63. The zero-order valence-corrected chi connectivity index (χ0v) is 21.6. The van der Waals surface area contributed by atoms with Gasteiger partial charge in [-0.25, -0.2) is 13.1 Å². The molecule has 192 valence electrons. The average Bonchev–Trinajstić information content (AvgIpc) is 3.16. The van der Waals surface area contributed by atoms with Crippen molar-refractivity contribution in [1.82, 2.24) is 5.16 Å². The number of nitrogens with one attached hydrogen (secondary N) is 2. The van der Waals surface area contributed by atoms with Crippen LogP contribution in [-0.4, -0.2) is 32.7 Å². The lowest BCUT2D eigenvalue weighted by Gasteiger charge is -2.12. The van der Waals surface area contributed by atoms with Crippen molar-refractivity contribution in [3.05, 3.63) is 65.4 Å². The van der Waals surface area contributed by atoms with Gasteiger partial charge in [-0.05, 0) is 75.2 Å². The summed E-state index contributed by atoms with van der Waals surface area (Å²) in [7, 11) is -3.87. The molecule has 0 unspecified atom stereocenters. The first-order chi connectivity index (χ1) is 17.2. The van der Waals surface area contributed by atoms with E-state index in [4.69, 9.17) is 14.0 Å². The predicted molar refractivity (Wildman–Crippen MR) is 139 cm³/mol. The van der Waals surface area contributed by atoms with Crippen LogP contribution in [0.5, 0.6) is 11.5 Å². The number of unbranched alkanes of at least 4 members (excludes halogenated alkanes) is 1. The molecule has 1 amide bonds. The molecule has 0 saturated heterocycles. The molecule has 1 heterocycles. The van der Waals surface area contributed by atoms with Gasteiger partial charge in [-0.3, -0.25) is 4.79 Å². The molecule has 0 atom stereocenters. The smallest absolute Gasteiger partial charge is 0.264 e. The first-order valence-electron chi connectivity index (χ1n) is 11.7. The Morgan fingerprint density at radius 1 is 1.06 bits per heavy atom. The van der Waals surface area contributed by atoms with Gasteiger partial charge in [0.05, 0.1) is 23.8 Å². The summed E-state index contributed by atoms with van der Waals surface area (Å²) in [5, 5.41) is 6.46. The molecule has 0 aliphatic heterocycles. The Hall–Kier alpha value is -3.79. The van der Waals surface area contributed by atoms with Gasteiger partial charge in [0.25, 0.3) is 10.0 Å². The number of sulfonamides is 1. The Bertz CT molecular complexity index is 1310. The third-order valence-electron chi connectivity index (χ3n) is 5.27. The summed E-state index contributed by atoms with van der Waals surface area (Å²) in [6, 6.07) is 11.3. The van der Waals surface area contributed by atoms with Crippen LogP contribution in [0.4, 0.5) is 11.6 Å². The minimum atomic E-state index is -3.87. The maximum absolute atomic E-state index is 12.6.